The Kier molecular flexibility index (Phi) is 6.80. The highest BCUT2D eigenvalue weighted by Crippen LogP contribution is 2.67. The Balaban J connectivity index is 1.52. The van der Waals surface area contributed by atoms with Crippen LogP contribution in [0.25, 0.3) is 0 Å². The predicted molar refractivity (Wildman–Crippen MR) is 129 cm³/mol. The lowest BCUT2D eigenvalue weighted by Gasteiger charge is -2.58. The average molecular weight is 429 g/mol. The van der Waals surface area contributed by atoms with E-state index in [-0.39, 0.29) is 12.0 Å². The highest BCUT2D eigenvalue weighted by atomic mass is 16.3. The molecular formula is C29H48O2. The van der Waals surface area contributed by atoms with Gasteiger partial charge >= 0.3 is 0 Å². The Bertz CT molecular complexity index is 693. The van der Waals surface area contributed by atoms with Gasteiger partial charge in [-0.15, -0.1) is 0 Å². The smallest absolute Gasteiger partial charge is 0.159 e. The lowest BCUT2D eigenvalue weighted by Crippen LogP contribution is -2.53. The molecule has 0 aromatic heterocycles. The summed E-state index contributed by atoms with van der Waals surface area (Å²) in [5, 5.41) is 9.40. The molecule has 8 atom stereocenters. The van der Waals surface area contributed by atoms with Crippen LogP contribution in [0.5, 0.6) is 0 Å². The fourth-order valence-corrected chi connectivity index (χ4v) is 9.03. The molecule has 2 heteroatoms. The molecule has 0 amide bonds. The average Bonchev–Trinajstić information content (AvgIpc) is 3.06. The van der Waals surface area contributed by atoms with E-state index >= 15 is 0 Å². The number of fused-ring (bicyclic) bond motifs is 5. The van der Waals surface area contributed by atoms with Gasteiger partial charge < -0.3 is 5.11 Å². The van der Waals surface area contributed by atoms with E-state index in [2.05, 4.69) is 40.7 Å². The molecule has 0 heterocycles. The number of aliphatic hydroxyl groups excluding tert-OH is 1. The van der Waals surface area contributed by atoms with Gasteiger partial charge in [-0.05, 0) is 103 Å². The second-order valence-electron chi connectivity index (χ2n) is 12.8. The van der Waals surface area contributed by atoms with Gasteiger partial charge in [0.1, 0.15) is 0 Å². The zero-order chi connectivity index (χ0) is 22.4. The number of aliphatic hydroxyl groups is 1. The van der Waals surface area contributed by atoms with E-state index in [4.69, 9.17) is 0 Å². The van der Waals surface area contributed by atoms with Crippen LogP contribution < -0.4 is 0 Å². The van der Waals surface area contributed by atoms with Gasteiger partial charge in [0.15, 0.2) is 5.78 Å². The molecule has 1 N–H and O–H groups in total. The molecule has 2 nitrogen and oxygen atoms in total. The first-order valence-electron chi connectivity index (χ1n) is 13.6. The first-order valence-corrected chi connectivity index (χ1v) is 13.6. The topological polar surface area (TPSA) is 37.3 Å². The van der Waals surface area contributed by atoms with E-state index in [1.165, 1.54) is 44.9 Å². The first kappa shape index (κ1) is 23.5. The SMILES string of the molecule is CC(C)CCCC(C)C1CCC2C3CC(=O)C4=CC(CCO)CCC4(C)C3CCC12C. The van der Waals surface area contributed by atoms with E-state index in [0.29, 0.717) is 29.0 Å². The van der Waals surface area contributed by atoms with E-state index in [0.717, 1.165) is 54.9 Å². The van der Waals surface area contributed by atoms with Crippen LogP contribution in [0, 0.1) is 52.3 Å². The summed E-state index contributed by atoms with van der Waals surface area (Å²) in [6.45, 7) is 12.5. The number of hydrogen-bond acceptors (Lipinski definition) is 2. The van der Waals surface area contributed by atoms with Crippen LogP contribution in [-0.4, -0.2) is 17.5 Å². The standard InChI is InChI=1S/C29H48O2/c1-19(2)7-6-8-20(3)23-9-10-24-22-18-27(31)26-17-21(13-16-30)11-14-29(26,5)25(22)12-15-28(23,24)4/h17,19-25,30H,6-16,18H2,1-5H3. The molecule has 31 heavy (non-hydrogen) atoms. The fourth-order valence-electron chi connectivity index (χ4n) is 9.03. The van der Waals surface area contributed by atoms with Crippen LogP contribution >= 0.6 is 0 Å². The summed E-state index contributed by atoms with van der Waals surface area (Å²) in [6.07, 6.45) is 15.8. The van der Waals surface area contributed by atoms with Gasteiger partial charge in [-0.1, -0.05) is 60.0 Å². The molecule has 0 bridgehead atoms. The van der Waals surface area contributed by atoms with Crippen molar-refractivity contribution >= 4 is 5.78 Å². The van der Waals surface area contributed by atoms with Crippen molar-refractivity contribution in [3.63, 3.8) is 0 Å². The highest BCUT2D eigenvalue weighted by molar-refractivity contribution is 5.98. The maximum atomic E-state index is 13.4. The van der Waals surface area contributed by atoms with Crippen LogP contribution in [0.1, 0.15) is 105 Å². The molecule has 0 aromatic carbocycles. The maximum absolute atomic E-state index is 13.4. The lowest BCUT2D eigenvalue weighted by atomic mass is 9.46. The van der Waals surface area contributed by atoms with Gasteiger partial charge in [0.2, 0.25) is 0 Å². The van der Waals surface area contributed by atoms with Crippen LogP contribution in [0.4, 0.5) is 0 Å². The van der Waals surface area contributed by atoms with Gasteiger partial charge in [-0.3, -0.25) is 4.79 Å². The van der Waals surface area contributed by atoms with Crippen molar-refractivity contribution in [2.24, 2.45) is 52.3 Å². The summed E-state index contributed by atoms with van der Waals surface area (Å²) < 4.78 is 0. The Morgan fingerprint density at radius 1 is 1.03 bits per heavy atom. The number of rotatable bonds is 7. The van der Waals surface area contributed by atoms with E-state index < -0.39 is 0 Å². The Morgan fingerprint density at radius 3 is 2.52 bits per heavy atom. The fraction of sp³-hybridized carbons (Fsp3) is 0.897. The Labute approximate surface area is 191 Å². The van der Waals surface area contributed by atoms with Crippen LogP contribution in [0.15, 0.2) is 11.6 Å². The van der Waals surface area contributed by atoms with Gasteiger partial charge in [-0.2, -0.15) is 0 Å². The number of carbonyl (C=O) groups excluding carboxylic acids is 1. The molecule has 0 aliphatic heterocycles. The van der Waals surface area contributed by atoms with E-state index in [9.17, 15) is 9.90 Å². The summed E-state index contributed by atoms with van der Waals surface area (Å²) >= 11 is 0. The summed E-state index contributed by atoms with van der Waals surface area (Å²) in [7, 11) is 0. The third-order valence-corrected chi connectivity index (χ3v) is 10.7. The molecule has 4 aliphatic rings. The van der Waals surface area contributed by atoms with E-state index in [1.807, 2.05) is 0 Å². The van der Waals surface area contributed by atoms with Crippen molar-refractivity contribution in [2.45, 2.75) is 105 Å². The van der Waals surface area contributed by atoms with Crippen molar-refractivity contribution in [1.29, 1.82) is 0 Å². The minimum absolute atomic E-state index is 0.0915. The molecule has 4 rings (SSSR count). The molecule has 0 spiro atoms. The predicted octanol–water partition coefficient (Wildman–Crippen LogP) is 7.21. The zero-order valence-electron chi connectivity index (χ0n) is 21.0. The van der Waals surface area contributed by atoms with Gasteiger partial charge in [-0.25, -0.2) is 0 Å². The number of hydrogen-bond donors (Lipinski definition) is 1. The molecule has 0 saturated heterocycles. The van der Waals surface area contributed by atoms with Crippen LogP contribution in [0.2, 0.25) is 0 Å². The van der Waals surface area contributed by atoms with Crippen LogP contribution in [0.3, 0.4) is 0 Å². The Morgan fingerprint density at radius 2 is 1.81 bits per heavy atom. The summed E-state index contributed by atoms with van der Waals surface area (Å²) in [5.74, 6) is 5.40. The second-order valence-corrected chi connectivity index (χ2v) is 12.8. The quantitative estimate of drug-likeness (QED) is 0.465. The monoisotopic (exact) mass is 428 g/mol. The highest BCUT2D eigenvalue weighted by Gasteiger charge is 2.60. The maximum Gasteiger partial charge on any atom is 0.159 e. The molecule has 176 valence electrons. The molecule has 0 aromatic rings. The number of Topliss-reactive ketones (excluding diaryl/α,β-unsaturated/α-hetero) is 1. The molecular weight excluding hydrogens is 380 g/mol. The summed E-state index contributed by atoms with van der Waals surface area (Å²) in [5.41, 5.74) is 1.69. The minimum Gasteiger partial charge on any atom is -0.396 e. The molecule has 3 saturated carbocycles. The molecule has 0 radical (unpaired) electrons. The Hall–Kier alpha value is -0.630. The van der Waals surface area contributed by atoms with Crippen molar-refractivity contribution in [3.05, 3.63) is 11.6 Å². The molecule has 8 unspecified atom stereocenters. The zero-order valence-corrected chi connectivity index (χ0v) is 21.0. The normalized spacial score (nSPS) is 43.3. The van der Waals surface area contributed by atoms with Gasteiger partial charge in [0.05, 0.1) is 0 Å². The number of allylic oxidation sites excluding steroid dienone is 2. The largest absolute Gasteiger partial charge is 0.396 e. The minimum atomic E-state index is 0.0915. The third-order valence-electron chi connectivity index (χ3n) is 10.7. The first-order chi connectivity index (χ1) is 14.7. The van der Waals surface area contributed by atoms with Gasteiger partial charge in [0, 0.05) is 13.0 Å². The van der Waals surface area contributed by atoms with Crippen molar-refractivity contribution in [2.75, 3.05) is 6.61 Å². The van der Waals surface area contributed by atoms with Gasteiger partial charge in [0.25, 0.3) is 0 Å². The van der Waals surface area contributed by atoms with Crippen molar-refractivity contribution in [3.8, 4) is 0 Å². The lowest BCUT2D eigenvalue weighted by molar-refractivity contribution is -0.129. The van der Waals surface area contributed by atoms with E-state index in [1.54, 1.807) is 0 Å². The van der Waals surface area contributed by atoms with Crippen molar-refractivity contribution < 1.29 is 9.90 Å². The van der Waals surface area contributed by atoms with Crippen LogP contribution in [-0.2, 0) is 4.79 Å². The summed E-state index contributed by atoms with van der Waals surface area (Å²) in [4.78, 5) is 13.4. The molecule has 3 fully saturated rings. The molecule has 4 aliphatic carbocycles. The second kappa shape index (κ2) is 8.96. The number of carbonyl (C=O) groups is 1. The summed E-state index contributed by atoms with van der Waals surface area (Å²) in [6, 6.07) is 0. The third kappa shape index (κ3) is 4.09. The van der Waals surface area contributed by atoms with Crippen molar-refractivity contribution in [1.82, 2.24) is 0 Å². The number of ketones is 1.